The van der Waals surface area contributed by atoms with Crippen molar-refractivity contribution in [3.05, 3.63) is 42.5 Å². The second-order valence-corrected chi connectivity index (χ2v) is 3.61. The molecule has 2 aromatic heterocycles. The predicted octanol–water partition coefficient (Wildman–Crippen LogP) is 0.0327. The average Bonchev–Trinajstić information content (AvgIpc) is 3.13. The van der Waals surface area contributed by atoms with Crippen LogP contribution in [0.3, 0.4) is 0 Å². The highest BCUT2D eigenvalue weighted by atomic mass is 16.2. The molecule has 0 radical (unpaired) electrons. The van der Waals surface area contributed by atoms with Gasteiger partial charge in [0.15, 0.2) is 5.69 Å². The summed E-state index contributed by atoms with van der Waals surface area (Å²) in [4.78, 5) is 11.7. The summed E-state index contributed by atoms with van der Waals surface area (Å²) in [7, 11) is 0. The van der Waals surface area contributed by atoms with Crippen molar-refractivity contribution in [2.24, 2.45) is 0 Å². The first-order chi connectivity index (χ1) is 9.33. The number of aromatic amines is 1. The summed E-state index contributed by atoms with van der Waals surface area (Å²) in [6.45, 7) is 0. The quantitative estimate of drug-likeness (QED) is 0.683. The molecule has 0 aliphatic carbocycles. The minimum atomic E-state index is -0.330. The fourth-order valence-corrected chi connectivity index (χ4v) is 1.48. The fraction of sp³-hybridized carbons (Fsp3) is 0. The van der Waals surface area contributed by atoms with Gasteiger partial charge >= 0.3 is 0 Å². The molecule has 0 saturated heterocycles. The number of nitrogens with one attached hydrogen (secondary N) is 2. The van der Waals surface area contributed by atoms with Gasteiger partial charge in [0.25, 0.3) is 5.91 Å². The molecule has 0 unspecified atom stereocenters. The molecule has 3 rings (SSSR count). The summed E-state index contributed by atoms with van der Waals surface area (Å²) in [5.41, 5.74) is 1.67. The molecule has 2 N–H and O–H groups in total. The third-order valence-corrected chi connectivity index (χ3v) is 2.39. The van der Waals surface area contributed by atoms with E-state index in [1.807, 2.05) is 0 Å². The van der Waals surface area contributed by atoms with Crippen molar-refractivity contribution in [2.45, 2.75) is 0 Å². The molecule has 94 valence electrons. The van der Waals surface area contributed by atoms with Crippen LogP contribution in [0.2, 0.25) is 0 Å². The standard InChI is InChI=1S/C10H8N8O/c19-10(9-5-11-15-14-9)13-7-1-3-8(4-2-7)18-6-12-16-17-18/h1-6H,(H,13,19)(H,11,14,15). The topological polar surface area (TPSA) is 114 Å². The Hall–Kier alpha value is -3.10. The van der Waals surface area contributed by atoms with Gasteiger partial charge in [-0.3, -0.25) is 4.79 Å². The van der Waals surface area contributed by atoms with E-state index in [1.54, 1.807) is 24.3 Å². The predicted molar refractivity (Wildman–Crippen MR) is 63.5 cm³/mol. The normalized spacial score (nSPS) is 10.3. The average molecular weight is 256 g/mol. The Bertz CT molecular complexity index is 658. The van der Waals surface area contributed by atoms with E-state index in [-0.39, 0.29) is 11.6 Å². The molecule has 1 aromatic carbocycles. The number of benzene rings is 1. The number of anilines is 1. The molecule has 2 heterocycles. The van der Waals surface area contributed by atoms with Gasteiger partial charge in [0, 0.05) is 5.69 Å². The van der Waals surface area contributed by atoms with Gasteiger partial charge in [0.05, 0.1) is 11.9 Å². The largest absolute Gasteiger partial charge is 0.321 e. The van der Waals surface area contributed by atoms with Crippen LogP contribution >= 0.6 is 0 Å². The number of hydrogen-bond donors (Lipinski definition) is 2. The molecule has 1 amide bonds. The van der Waals surface area contributed by atoms with E-state index in [0.29, 0.717) is 5.69 Å². The molecule has 0 bridgehead atoms. The number of H-pyrrole nitrogens is 1. The highest BCUT2D eigenvalue weighted by Gasteiger charge is 2.08. The van der Waals surface area contributed by atoms with Crippen molar-refractivity contribution >= 4 is 11.6 Å². The van der Waals surface area contributed by atoms with E-state index in [4.69, 9.17) is 0 Å². The summed E-state index contributed by atoms with van der Waals surface area (Å²) >= 11 is 0. The maximum absolute atomic E-state index is 11.7. The number of carbonyl (C=O) groups is 1. The molecule has 0 fully saturated rings. The maximum Gasteiger partial charge on any atom is 0.277 e. The summed E-state index contributed by atoms with van der Waals surface area (Å²) in [5, 5.41) is 23.2. The van der Waals surface area contributed by atoms with E-state index in [2.05, 4.69) is 36.3 Å². The van der Waals surface area contributed by atoms with Crippen molar-refractivity contribution in [1.29, 1.82) is 0 Å². The number of rotatable bonds is 3. The molecule has 0 saturated carbocycles. The van der Waals surface area contributed by atoms with Crippen LogP contribution in [0.15, 0.2) is 36.8 Å². The Morgan fingerprint density at radius 2 is 2.11 bits per heavy atom. The second kappa shape index (κ2) is 4.64. The summed E-state index contributed by atoms with van der Waals surface area (Å²) in [6.07, 6.45) is 2.84. The van der Waals surface area contributed by atoms with Gasteiger partial charge < -0.3 is 5.32 Å². The second-order valence-electron chi connectivity index (χ2n) is 3.61. The van der Waals surface area contributed by atoms with Crippen molar-refractivity contribution in [3.63, 3.8) is 0 Å². The Labute approximate surface area is 106 Å². The molecule has 0 aliphatic heterocycles. The first-order valence-electron chi connectivity index (χ1n) is 5.33. The van der Waals surface area contributed by atoms with Crippen molar-refractivity contribution in [2.75, 3.05) is 5.32 Å². The van der Waals surface area contributed by atoms with Gasteiger partial charge in [0.1, 0.15) is 6.33 Å². The first kappa shape index (κ1) is 11.0. The number of hydrogen-bond acceptors (Lipinski definition) is 6. The molecular weight excluding hydrogens is 248 g/mol. The lowest BCUT2D eigenvalue weighted by Crippen LogP contribution is -2.12. The highest BCUT2D eigenvalue weighted by Crippen LogP contribution is 2.12. The molecule has 19 heavy (non-hydrogen) atoms. The van der Waals surface area contributed by atoms with E-state index < -0.39 is 0 Å². The minimum Gasteiger partial charge on any atom is -0.321 e. The molecule has 0 aliphatic rings. The number of aromatic nitrogens is 7. The minimum absolute atomic E-state index is 0.226. The lowest BCUT2D eigenvalue weighted by Gasteiger charge is -2.04. The molecular formula is C10H8N8O. The third-order valence-electron chi connectivity index (χ3n) is 2.39. The van der Waals surface area contributed by atoms with Gasteiger partial charge in [-0.05, 0) is 34.7 Å². The van der Waals surface area contributed by atoms with E-state index >= 15 is 0 Å². The van der Waals surface area contributed by atoms with Gasteiger partial charge in [-0.1, -0.05) is 0 Å². The van der Waals surface area contributed by atoms with Crippen LogP contribution in [0, 0.1) is 0 Å². The number of tetrazole rings is 1. The number of amides is 1. The van der Waals surface area contributed by atoms with Crippen molar-refractivity contribution < 1.29 is 4.79 Å². The Balaban J connectivity index is 1.75. The molecule has 0 atom stereocenters. The highest BCUT2D eigenvalue weighted by molar-refractivity contribution is 6.02. The lowest BCUT2D eigenvalue weighted by molar-refractivity contribution is 0.102. The zero-order valence-electron chi connectivity index (χ0n) is 9.56. The summed E-state index contributed by atoms with van der Waals surface area (Å²) in [5.74, 6) is -0.330. The van der Waals surface area contributed by atoms with Crippen molar-refractivity contribution in [3.8, 4) is 5.69 Å². The van der Waals surface area contributed by atoms with Crippen LogP contribution in [0.4, 0.5) is 5.69 Å². The Kier molecular flexibility index (Phi) is 2.69. The van der Waals surface area contributed by atoms with Crippen molar-refractivity contribution in [1.82, 2.24) is 35.6 Å². The number of nitrogens with zero attached hydrogens (tertiary/aromatic N) is 6. The van der Waals surface area contributed by atoms with Crippen LogP contribution in [-0.4, -0.2) is 41.5 Å². The first-order valence-corrected chi connectivity index (χ1v) is 5.33. The van der Waals surface area contributed by atoms with E-state index in [1.165, 1.54) is 17.2 Å². The molecule has 9 heteroatoms. The van der Waals surface area contributed by atoms with Gasteiger partial charge in [0.2, 0.25) is 0 Å². The number of carbonyl (C=O) groups excluding carboxylic acids is 1. The van der Waals surface area contributed by atoms with E-state index in [9.17, 15) is 4.79 Å². The zero-order valence-corrected chi connectivity index (χ0v) is 9.56. The summed E-state index contributed by atoms with van der Waals surface area (Å²) in [6, 6.07) is 7.06. The Morgan fingerprint density at radius 3 is 2.74 bits per heavy atom. The fourth-order valence-electron chi connectivity index (χ4n) is 1.48. The lowest BCUT2D eigenvalue weighted by atomic mass is 10.2. The third kappa shape index (κ3) is 2.29. The van der Waals surface area contributed by atoms with Gasteiger partial charge in [-0.25, -0.2) is 4.68 Å². The van der Waals surface area contributed by atoms with Crippen LogP contribution in [-0.2, 0) is 0 Å². The van der Waals surface area contributed by atoms with Gasteiger partial charge in [-0.15, -0.1) is 5.10 Å². The van der Waals surface area contributed by atoms with Crippen LogP contribution in [0.25, 0.3) is 5.69 Å². The van der Waals surface area contributed by atoms with Gasteiger partial charge in [-0.2, -0.15) is 15.4 Å². The summed E-state index contributed by atoms with van der Waals surface area (Å²) < 4.78 is 1.52. The van der Waals surface area contributed by atoms with E-state index in [0.717, 1.165) is 5.69 Å². The van der Waals surface area contributed by atoms with Crippen LogP contribution in [0.5, 0.6) is 0 Å². The van der Waals surface area contributed by atoms with Crippen LogP contribution in [0.1, 0.15) is 10.5 Å². The Morgan fingerprint density at radius 1 is 1.26 bits per heavy atom. The molecule has 0 spiro atoms. The maximum atomic E-state index is 11.7. The molecule has 9 nitrogen and oxygen atoms in total. The zero-order chi connectivity index (χ0) is 13.1. The monoisotopic (exact) mass is 256 g/mol. The smallest absolute Gasteiger partial charge is 0.277 e. The molecule has 3 aromatic rings. The SMILES string of the molecule is O=C(Nc1ccc(-n2cnnn2)cc1)c1cn[nH]n1. The van der Waals surface area contributed by atoms with Crippen LogP contribution < -0.4 is 5.32 Å².